The second-order valence-corrected chi connectivity index (χ2v) is 5.65. The number of amides is 2. The summed E-state index contributed by atoms with van der Waals surface area (Å²) >= 11 is 0. The van der Waals surface area contributed by atoms with E-state index in [4.69, 9.17) is 4.74 Å². The molecular formula is C18H19N3O3. The first kappa shape index (κ1) is 16.0. The molecule has 6 heteroatoms. The van der Waals surface area contributed by atoms with Crippen LogP contribution in [0.2, 0.25) is 0 Å². The van der Waals surface area contributed by atoms with Crippen molar-refractivity contribution < 1.29 is 14.3 Å². The predicted octanol–water partition coefficient (Wildman–Crippen LogP) is 1.76. The molecule has 3 rings (SSSR count). The largest absolute Gasteiger partial charge is 0.497 e. The Bertz CT molecular complexity index is 733. The van der Waals surface area contributed by atoms with E-state index in [1.165, 1.54) is 0 Å². The Labute approximate surface area is 140 Å². The molecule has 1 aromatic carbocycles. The minimum atomic E-state index is -0.354. The number of nitrogens with zero attached hydrogens (tertiary/aromatic N) is 2. The van der Waals surface area contributed by atoms with Crippen molar-refractivity contribution in [2.45, 2.75) is 13.0 Å². The van der Waals surface area contributed by atoms with E-state index in [1.807, 2.05) is 36.4 Å². The van der Waals surface area contributed by atoms with Gasteiger partial charge in [0, 0.05) is 30.9 Å². The Morgan fingerprint density at radius 3 is 2.96 bits per heavy atom. The lowest BCUT2D eigenvalue weighted by Gasteiger charge is -2.17. The van der Waals surface area contributed by atoms with E-state index in [2.05, 4.69) is 10.3 Å². The van der Waals surface area contributed by atoms with Crippen LogP contribution in [0.3, 0.4) is 0 Å². The molecule has 1 N–H and O–H groups in total. The normalized spacial score (nSPS) is 17.0. The number of hydrogen-bond donors (Lipinski definition) is 1. The molecule has 0 bridgehead atoms. The minimum absolute atomic E-state index is 0.0544. The van der Waals surface area contributed by atoms with Crippen molar-refractivity contribution >= 4 is 17.5 Å². The van der Waals surface area contributed by atoms with Crippen molar-refractivity contribution in [1.29, 1.82) is 0 Å². The number of rotatable bonds is 5. The van der Waals surface area contributed by atoms with Gasteiger partial charge in [-0.3, -0.25) is 14.6 Å². The molecule has 1 atom stereocenters. The summed E-state index contributed by atoms with van der Waals surface area (Å²) in [7, 11) is 1.58. The molecule has 0 aliphatic carbocycles. The minimum Gasteiger partial charge on any atom is -0.497 e. The first-order chi connectivity index (χ1) is 11.7. The number of pyridine rings is 1. The Morgan fingerprint density at radius 1 is 1.33 bits per heavy atom. The molecule has 0 unspecified atom stereocenters. The van der Waals surface area contributed by atoms with Crippen LogP contribution in [0.25, 0.3) is 0 Å². The van der Waals surface area contributed by atoms with Crippen molar-refractivity contribution in [3.8, 4) is 5.75 Å². The van der Waals surface area contributed by atoms with E-state index in [0.29, 0.717) is 18.8 Å². The number of carbonyl (C=O) groups is 2. The third kappa shape index (κ3) is 3.53. The van der Waals surface area contributed by atoms with Gasteiger partial charge in [0.1, 0.15) is 5.75 Å². The lowest BCUT2D eigenvalue weighted by molar-refractivity contribution is -0.126. The zero-order valence-corrected chi connectivity index (χ0v) is 13.4. The van der Waals surface area contributed by atoms with Gasteiger partial charge in [-0.15, -0.1) is 0 Å². The van der Waals surface area contributed by atoms with Crippen LogP contribution in [0.15, 0.2) is 48.7 Å². The molecule has 0 saturated carbocycles. The molecular weight excluding hydrogens is 306 g/mol. The third-order valence-corrected chi connectivity index (χ3v) is 4.03. The molecule has 6 nitrogen and oxygen atoms in total. The lowest BCUT2D eigenvalue weighted by atomic mass is 10.1. The van der Waals surface area contributed by atoms with Gasteiger partial charge in [-0.1, -0.05) is 12.1 Å². The van der Waals surface area contributed by atoms with E-state index in [0.717, 1.165) is 11.4 Å². The van der Waals surface area contributed by atoms with Crippen LogP contribution in [0.1, 0.15) is 12.1 Å². The van der Waals surface area contributed by atoms with Crippen LogP contribution in [0.5, 0.6) is 5.75 Å². The Balaban J connectivity index is 1.62. The summed E-state index contributed by atoms with van der Waals surface area (Å²) in [4.78, 5) is 30.4. The number of nitrogens with one attached hydrogen (secondary N) is 1. The molecule has 1 aliphatic rings. The molecule has 1 aromatic heterocycles. The molecule has 2 amide bonds. The fourth-order valence-corrected chi connectivity index (χ4v) is 2.74. The standard InChI is InChI=1S/C18H19N3O3/c1-24-16-7-4-6-15(10-16)21-12-13(9-17(21)22)18(23)20-11-14-5-2-3-8-19-14/h2-8,10,13H,9,11-12H2,1H3,(H,20,23)/t13-/m0/s1. The van der Waals surface area contributed by atoms with Gasteiger partial charge in [0.15, 0.2) is 0 Å². The number of anilines is 1. The van der Waals surface area contributed by atoms with Crippen molar-refractivity contribution in [1.82, 2.24) is 10.3 Å². The van der Waals surface area contributed by atoms with E-state index in [1.54, 1.807) is 24.3 Å². The van der Waals surface area contributed by atoms with E-state index < -0.39 is 0 Å². The fourth-order valence-electron chi connectivity index (χ4n) is 2.74. The number of aromatic nitrogens is 1. The maximum absolute atomic E-state index is 12.3. The van der Waals surface area contributed by atoms with Gasteiger partial charge < -0.3 is 15.0 Å². The van der Waals surface area contributed by atoms with Gasteiger partial charge in [0.25, 0.3) is 0 Å². The Hall–Kier alpha value is -2.89. The maximum Gasteiger partial charge on any atom is 0.227 e. The van der Waals surface area contributed by atoms with E-state index in [-0.39, 0.29) is 24.2 Å². The molecule has 2 heterocycles. The van der Waals surface area contributed by atoms with E-state index >= 15 is 0 Å². The topological polar surface area (TPSA) is 71.5 Å². The van der Waals surface area contributed by atoms with Crippen LogP contribution in [0.4, 0.5) is 5.69 Å². The zero-order valence-electron chi connectivity index (χ0n) is 13.4. The van der Waals surface area contributed by atoms with Crippen LogP contribution in [0, 0.1) is 5.92 Å². The van der Waals surface area contributed by atoms with Crippen LogP contribution in [-0.4, -0.2) is 30.5 Å². The molecule has 1 fully saturated rings. The average Bonchev–Trinajstić information content (AvgIpc) is 3.02. The summed E-state index contributed by atoms with van der Waals surface area (Å²) in [5, 5.41) is 2.85. The van der Waals surface area contributed by atoms with Gasteiger partial charge in [-0.25, -0.2) is 0 Å². The van der Waals surface area contributed by atoms with Crippen molar-refractivity contribution in [3.63, 3.8) is 0 Å². The summed E-state index contributed by atoms with van der Waals surface area (Å²) < 4.78 is 5.19. The smallest absolute Gasteiger partial charge is 0.227 e. The van der Waals surface area contributed by atoms with Gasteiger partial charge >= 0.3 is 0 Å². The van der Waals surface area contributed by atoms with Crippen LogP contribution in [-0.2, 0) is 16.1 Å². The van der Waals surface area contributed by atoms with Crippen molar-refractivity contribution in [2.24, 2.45) is 5.92 Å². The van der Waals surface area contributed by atoms with E-state index in [9.17, 15) is 9.59 Å². The summed E-state index contributed by atoms with van der Waals surface area (Å²) in [6, 6.07) is 12.8. The zero-order chi connectivity index (χ0) is 16.9. The SMILES string of the molecule is COc1cccc(N2C[C@@H](C(=O)NCc3ccccn3)CC2=O)c1. The van der Waals surface area contributed by atoms with Gasteiger partial charge in [0.05, 0.1) is 25.3 Å². The molecule has 0 radical (unpaired) electrons. The molecule has 1 aliphatic heterocycles. The lowest BCUT2D eigenvalue weighted by Crippen LogP contribution is -2.32. The molecule has 2 aromatic rings. The average molecular weight is 325 g/mol. The van der Waals surface area contributed by atoms with Crippen LogP contribution < -0.4 is 15.0 Å². The Kier molecular flexibility index (Phi) is 4.74. The number of hydrogen-bond acceptors (Lipinski definition) is 4. The third-order valence-electron chi connectivity index (χ3n) is 4.03. The number of methoxy groups -OCH3 is 1. The number of benzene rings is 1. The number of ether oxygens (including phenoxy) is 1. The number of carbonyl (C=O) groups excluding carboxylic acids is 2. The van der Waals surface area contributed by atoms with Crippen LogP contribution >= 0.6 is 0 Å². The predicted molar refractivity (Wildman–Crippen MR) is 89.5 cm³/mol. The quantitative estimate of drug-likeness (QED) is 0.909. The summed E-state index contributed by atoms with van der Waals surface area (Å²) in [5.41, 5.74) is 1.54. The highest BCUT2D eigenvalue weighted by Crippen LogP contribution is 2.27. The van der Waals surface area contributed by atoms with Gasteiger partial charge in [0.2, 0.25) is 11.8 Å². The van der Waals surface area contributed by atoms with Crippen molar-refractivity contribution in [3.05, 3.63) is 54.4 Å². The summed E-state index contributed by atoms with van der Waals surface area (Å²) in [6.45, 7) is 0.740. The molecule has 0 spiro atoms. The monoisotopic (exact) mass is 325 g/mol. The van der Waals surface area contributed by atoms with Gasteiger partial charge in [-0.05, 0) is 24.3 Å². The van der Waals surface area contributed by atoms with Gasteiger partial charge in [-0.2, -0.15) is 0 Å². The highest BCUT2D eigenvalue weighted by Gasteiger charge is 2.35. The second-order valence-electron chi connectivity index (χ2n) is 5.65. The first-order valence-electron chi connectivity index (χ1n) is 7.79. The highest BCUT2D eigenvalue weighted by molar-refractivity contribution is 6.00. The summed E-state index contributed by atoms with van der Waals surface area (Å²) in [5.74, 6) is 0.149. The maximum atomic E-state index is 12.3. The Morgan fingerprint density at radius 2 is 2.21 bits per heavy atom. The molecule has 24 heavy (non-hydrogen) atoms. The first-order valence-corrected chi connectivity index (χ1v) is 7.79. The summed E-state index contributed by atoms with van der Waals surface area (Å²) in [6.07, 6.45) is 1.90. The molecule has 124 valence electrons. The molecule has 1 saturated heterocycles. The second kappa shape index (κ2) is 7.12. The highest BCUT2D eigenvalue weighted by atomic mass is 16.5. The fraction of sp³-hybridized carbons (Fsp3) is 0.278. The van der Waals surface area contributed by atoms with Crippen molar-refractivity contribution in [2.75, 3.05) is 18.6 Å².